The number of carboxylic acid groups (broad SMARTS) is 2. The van der Waals surface area contributed by atoms with Crippen molar-refractivity contribution in [3.63, 3.8) is 0 Å². The summed E-state index contributed by atoms with van der Waals surface area (Å²) in [7, 11) is 0. The van der Waals surface area contributed by atoms with Crippen LogP contribution in [-0.4, -0.2) is 45.1 Å². The van der Waals surface area contributed by atoms with E-state index in [2.05, 4.69) is 0 Å². The summed E-state index contributed by atoms with van der Waals surface area (Å²) in [5.41, 5.74) is 0. The Kier molecular flexibility index (Phi) is 11.9. The van der Waals surface area contributed by atoms with Gasteiger partial charge in [0.25, 0.3) is 0 Å². The molecule has 6 heteroatoms. The molecule has 1 unspecified atom stereocenters. The maximum atomic E-state index is 9.90. The number of aliphatic carboxylic acids is 2. The minimum atomic E-state index is -0.870. The van der Waals surface area contributed by atoms with Gasteiger partial charge in [-0.15, -0.1) is 0 Å². The standard InChI is InChI=1S/C6H10O4.C3H8O2/c7-5(8)3-1-2-4-6(9)10;1-3(5)2-4/h1-4H2,(H,7,8)(H,9,10);3-5H,2H2,1H3. The van der Waals surface area contributed by atoms with Crippen LogP contribution in [0.5, 0.6) is 0 Å². The van der Waals surface area contributed by atoms with Crippen LogP contribution in [-0.2, 0) is 9.59 Å². The highest BCUT2D eigenvalue weighted by Crippen LogP contribution is 1.98. The summed E-state index contributed by atoms with van der Waals surface area (Å²) in [6, 6.07) is 0. The number of hydrogen-bond donors (Lipinski definition) is 4. The van der Waals surface area contributed by atoms with Crippen LogP contribution in [0, 0.1) is 0 Å². The second kappa shape index (κ2) is 10.9. The van der Waals surface area contributed by atoms with Crippen molar-refractivity contribution in [1.82, 2.24) is 0 Å². The molecule has 0 aliphatic carbocycles. The molecule has 0 amide bonds. The fourth-order valence-electron chi connectivity index (χ4n) is 0.552. The molecule has 0 spiro atoms. The normalized spacial score (nSPS) is 11.1. The van der Waals surface area contributed by atoms with E-state index in [1.54, 1.807) is 0 Å². The Morgan fingerprint density at radius 3 is 1.47 bits per heavy atom. The monoisotopic (exact) mass is 222 g/mol. The van der Waals surface area contributed by atoms with Crippen molar-refractivity contribution >= 4 is 11.9 Å². The molecule has 0 bridgehead atoms. The molecule has 0 fully saturated rings. The maximum Gasteiger partial charge on any atom is 0.303 e. The third-order valence-corrected chi connectivity index (χ3v) is 1.30. The van der Waals surface area contributed by atoms with Crippen molar-refractivity contribution in [3.05, 3.63) is 0 Å². The number of rotatable bonds is 6. The molecule has 0 saturated carbocycles. The zero-order chi connectivity index (χ0) is 12.3. The third-order valence-electron chi connectivity index (χ3n) is 1.30. The van der Waals surface area contributed by atoms with Crippen LogP contribution in [0.1, 0.15) is 32.6 Å². The van der Waals surface area contributed by atoms with Gasteiger partial charge in [0.2, 0.25) is 0 Å². The highest BCUT2D eigenvalue weighted by atomic mass is 16.4. The van der Waals surface area contributed by atoms with Gasteiger partial charge in [-0.25, -0.2) is 0 Å². The lowest BCUT2D eigenvalue weighted by molar-refractivity contribution is -0.139. The van der Waals surface area contributed by atoms with Crippen molar-refractivity contribution in [1.29, 1.82) is 0 Å². The number of aliphatic hydroxyl groups excluding tert-OH is 2. The van der Waals surface area contributed by atoms with Gasteiger partial charge in [-0.2, -0.15) is 0 Å². The molecule has 0 rings (SSSR count). The van der Waals surface area contributed by atoms with E-state index in [1.807, 2.05) is 0 Å². The minimum Gasteiger partial charge on any atom is -0.481 e. The average Bonchev–Trinajstić information content (AvgIpc) is 2.13. The van der Waals surface area contributed by atoms with Crippen molar-refractivity contribution < 1.29 is 30.0 Å². The Hall–Kier alpha value is -1.14. The zero-order valence-electron chi connectivity index (χ0n) is 8.72. The first-order valence-electron chi connectivity index (χ1n) is 4.62. The van der Waals surface area contributed by atoms with E-state index in [0.717, 1.165) is 0 Å². The average molecular weight is 222 g/mol. The second-order valence-electron chi connectivity index (χ2n) is 3.03. The summed E-state index contributed by atoms with van der Waals surface area (Å²) in [4.78, 5) is 19.8. The molecule has 0 aromatic rings. The van der Waals surface area contributed by atoms with Crippen LogP contribution in [0.15, 0.2) is 0 Å². The topological polar surface area (TPSA) is 115 Å². The van der Waals surface area contributed by atoms with E-state index in [9.17, 15) is 9.59 Å². The van der Waals surface area contributed by atoms with E-state index in [4.69, 9.17) is 20.4 Å². The number of aliphatic hydroxyl groups is 2. The molecule has 0 aliphatic rings. The molecule has 1 atom stereocenters. The Morgan fingerprint density at radius 2 is 1.33 bits per heavy atom. The van der Waals surface area contributed by atoms with E-state index < -0.39 is 18.0 Å². The van der Waals surface area contributed by atoms with Crippen molar-refractivity contribution in [2.75, 3.05) is 6.61 Å². The maximum absolute atomic E-state index is 9.90. The predicted molar refractivity (Wildman–Crippen MR) is 52.5 cm³/mol. The zero-order valence-corrected chi connectivity index (χ0v) is 8.72. The van der Waals surface area contributed by atoms with Gasteiger partial charge in [0.1, 0.15) is 0 Å². The molecule has 4 N–H and O–H groups in total. The molecule has 0 saturated heterocycles. The molecule has 0 aromatic carbocycles. The minimum absolute atomic E-state index is 0.0628. The summed E-state index contributed by atoms with van der Waals surface area (Å²) in [6.45, 7) is 1.39. The van der Waals surface area contributed by atoms with Gasteiger partial charge in [-0.1, -0.05) is 0 Å². The molecule has 90 valence electrons. The van der Waals surface area contributed by atoms with Crippen molar-refractivity contribution in [2.24, 2.45) is 0 Å². The van der Waals surface area contributed by atoms with E-state index >= 15 is 0 Å². The summed E-state index contributed by atoms with van der Waals surface area (Å²) in [5, 5.41) is 32.3. The van der Waals surface area contributed by atoms with Crippen molar-refractivity contribution in [3.8, 4) is 0 Å². The fourth-order valence-corrected chi connectivity index (χ4v) is 0.552. The highest BCUT2D eigenvalue weighted by Gasteiger charge is 1.99. The molecular formula is C9H18O6. The highest BCUT2D eigenvalue weighted by molar-refractivity contribution is 5.67. The molecule has 0 aromatic heterocycles. The first-order valence-corrected chi connectivity index (χ1v) is 4.62. The van der Waals surface area contributed by atoms with Crippen LogP contribution in [0.3, 0.4) is 0 Å². The Balaban J connectivity index is 0. The lowest BCUT2D eigenvalue weighted by Gasteiger charge is -1.92. The molecule has 0 heterocycles. The summed E-state index contributed by atoms with van der Waals surface area (Å²) in [5.74, 6) is -1.74. The van der Waals surface area contributed by atoms with E-state index in [0.29, 0.717) is 12.8 Å². The Labute approximate surface area is 88.2 Å². The van der Waals surface area contributed by atoms with Gasteiger partial charge in [0, 0.05) is 12.8 Å². The third kappa shape index (κ3) is 24.6. The fraction of sp³-hybridized carbons (Fsp3) is 0.778. The van der Waals surface area contributed by atoms with Crippen LogP contribution >= 0.6 is 0 Å². The van der Waals surface area contributed by atoms with Crippen LogP contribution in [0.4, 0.5) is 0 Å². The SMILES string of the molecule is CC(O)CO.O=C(O)CCCCC(=O)O. The molecule has 6 nitrogen and oxygen atoms in total. The van der Waals surface area contributed by atoms with Crippen LogP contribution in [0.2, 0.25) is 0 Å². The van der Waals surface area contributed by atoms with Gasteiger partial charge in [-0.05, 0) is 19.8 Å². The quantitative estimate of drug-likeness (QED) is 0.473. The summed E-state index contributed by atoms with van der Waals surface area (Å²) in [6.07, 6.45) is 0.457. The molecule has 0 radical (unpaired) electrons. The summed E-state index contributed by atoms with van der Waals surface area (Å²) < 4.78 is 0. The predicted octanol–water partition coefficient (Wildman–Crippen LogP) is 0.0755. The van der Waals surface area contributed by atoms with Gasteiger partial charge >= 0.3 is 11.9 Å². The van der Waals surface area contributed by atoms with E-state index in [-0.39, 0.29) is 19.4 Å². The first kappa shape index (κ1) is 16.3. The van der Waals surface area contributed by atoms with Gasteiger partial charge in [0.05, 0.1) is 12.7 Å². The van der Waals surface area contributed by atoms with Crippen molar-refractivity contribution in [2.45, 2.75) is 38.7 Å². The largest absolute Gasteiger partial charge is 0.481 e. The smallest absolute Gasteiger partial charge is 0.303 e. The molecule has 15 heavy (non-hydrogen) atoms. The molecular weight excluding hydrogens is 204 g/mol. The van der Waals surface area contributed by atoms with E-state index in [1.165, 1.54) is 6.92 Å². The number of unbranched alkanes of at least 4 members (excludes halogenated alkanes) is 1. The van der Waals surface area contributed by atoms with Gasteiger partial charge in [-0.3, -0.25) is 9.59 Å². The van der Waals surface area contributed by atoms with Gasteiger partial charge in [0.15, 0.2) is 0 Å². The Bertz CT molecular complexity index is 161. The second-order valence-corrected chi connectivity index (χ2v) is 3.03. The van der Waals surface area contributed by atoms with Crippen LogP contribution < -0.4 is 0 Å². The molecule has 0 aliphatic heterocycles. The number of carbonyl (C=O) groups is 2. The number of carboxylic acids is 2. The first-order chi connectivity index (χ1) is 6.90. The van der Waals surface area contributed by atoms with Crippen LogP contribution in [0.25, 0.3) is 0 Å². The lowest BCUT2D eigenvalue weighted by atomic mass is 10.2. The van der Waals surface area contributed by atoms with Gasteiger partial charge < -0.3 is 20.4 Å². The summed E-state index contributed by atoms with van der Waals surface area (Å²) >= 11 is 0. The Morgan fingerprint density at radius 1 is 1.07 bits per heavy atom. The lowest BCUT2D eigenvalue weighted by Crippen LogP contribution is -2.03. The number of hydrogen-bond acceptors (Lipinski definition) is 4.